The summed E-state index contributed by atoms with van der Waals surface area (Å²) in [5.41, 5.74) is 0. The Morgan fingerprint density at radius 2 is 1.79 bits per heavy atom. The molecule has 2 heterocycles. The molecule has 0 aliphatic carbocycles. The van der Waals surface area contributed by atoms with Crippen LogP contribution in [0, 0.1) is 0 Å². The maximum Gasteiger partial charge on any atom is 0.104 e. The van der Waals surface area contributed by atoms with Crippen LogP contribution in [-0.4, -0.2) is 61.5 Å². The second-order valence-corrected chi connectivity index (χ2v) is 4.12. The molecule has 0 bridgehead atoms. The number of hydrogen-bond donors (Lipinski definition) is 0. The van der Waals surface area contributed by atoms with E-state index in [1.54, 1.807) is 0 Å². The van der Waals surface area contributed by atoms with Crippen molar-refractivity contribution >= 4 is 0 Å². The molecule has 14 heavy (non-hydrogen) atoms. The van der Waals surface area contributed by atoms with Crippen LogP contribution in [0.1, 0.15) is 0 Å². The maximum atomic E-state index is 2.48. The first-order valence-corrected chi connectivity index (χ1v) is 5.29. The topological polar surface area (TPSA) is 9.72 Å². The summed E-state index contributed by atoms with van der Waals surface area (Å²) in [6.07, 6.45) is 6.57. The van der Waals surface area contributed by atoms with Gasteiger partial charge in [0, 0.05) is 39.8 Å². The first-order chi connectivity index (χ1) is 6.77. The van der Waals surface area contributed by atoms with Crippen molar-refractivity contribution in [2.75, 3.05) is 46.8 Å². The molecule has 2 aliphatic rings. The third-order valence-electron chi connectivity index (χ3n) is 2.98. The van der Waals surface area contributed by atoms with Gasteiger partial charge in [0.05, 0.1) is 0 Å². The first-order valence-electron chi connectivity index (χ1n) is 5.29. The van der Waals surface area contributed by atoms with Crippen LogP contribution in [0.25, 0.3) is 0 Å². The summed E-state index contributed by atoms with van der Waals surface area (Å²) < 4.78 is 0. The average molecular weight is 193 g/mol. The molecular formula is C11H19N3. The fourth-order valence-electron chi connectivity index (χ4n) is 1.98. The summed E-state index contributed by atoms with van der Waals surface area (Å²) in [5.74, 6) is 1.38. The van der Waals surface area contributed by atoms with Gasteiger partial charge in [0.15, 0.2) is 0 Å². The van der Waals surface area contributed by atoms with Crippen molar-refractivity contribution in [3.63, 3.8) is 0 Å². The van der Waals surface area contributed by atoms with Crippen molar-refractivity contribution in [3.8, 4) is 0 Å². The lowest BCUT2D eigenvalue weighted by atomic mass is 10.2. The van der Waals surface area contributed by atoms with E-state index < -0.39 is 0 Å². The Balaban J connectivity index is 2.00. The Morgan fingerprint density at radius 1 is 1.07 bits per heavy atom. The van der Waals surface area contributed by atoms with Gasteiger partial charge in [-0.3, -0.25) is 0 Å². The van der Waals surface area contributed by atoms with Gasteiger partial charge in [-0.1, -0.05) is 12.2 Å². The van der Waals surface area contributed by atoms with Gasteiger partial charge in [-0.2, -0.15) is 0 Å². The summed E-state index contributed by atoms with van der Waals surface area (Å²) in [6, 6.07) is 0. The number of allylic oxidation sites excluding steroid dienone is 2. The minimum atomic E-state index is 1.04. The molecule has 0 aromatic heterocycles. The van der Waals surface area contributed by atoms with Crippen LogP contribution in [0.3, 0.4) is 0 Å². The molecule has 78 valence electrons. The van der Waals surface area contributed by atoms with Crippen molar-refractivity contribution in [2.45, 2.75) is 0 Å². The molecule has 0 spiro atoms. The normalized spacial score (nSPS) is 24.0. The van der Waals surface area contributed by atoms with Crippen LogP contribution in [0.15, 0.2) is 24.0 Å². The number of piperazine rings is 1. The molecule has 1 fully saturated rings. The molecule has 2 aliphatic heterocycles. The molecule has 0 aromatic carbocycles. The highest BCUT2D eigenvalue weighted by atomic mass is 15.4. The zero-order valence-electron chi connectivity index (χ0n) is 9.11. The lowest BCUT2D eigenvalue weighted by Gasteiger charge is -2.39. The zero-order valence-corrected chi connectivity index (χ0v) is 9.11. The van der Waals surface area contributed by atoms with Crippen molar-refractivity contribution in [1.29, 1.82) is 0 Å². The highest BCUT2D eigenvalue weighted by Gasteiger charge is 2.18. The average Bonchev–Trinajstić information content (AvgIpc) is 2.20. The van der Waals surface area contributed by atoms with Gasteiger partial charge >= 0.3 is 0 Å². The number of hydrogen-bond acceptors (Lipinski definition) is 3. The van der Waals surface area contributed by atoms with Gasteiger partial charge in [0.1, 0.15) is 5.82 Å². The minimum Gasteiger partial charge on any atom is -0.358 e. The molecule has 0 aromatic rings. The third-order valence-corrected chi connectivity index (χ3v) is 2.98. The third kappa shape index (κ3) is 1.93. The number of rotatable bonds is 1. The molecule has 0 unspecified atom stereocenters. The van der Waals surface area contributed by atoms with E-state index in [0.717, 1.165) is 19.6 Å². The van der Waals surface area contributed by atoms with E-state index in [1.807, 2.05) is 0 Å². The standard InChI is InChI=1S/C11H19N3/c1-12-7-9-14(10-8-12)11-5-3-4-6-13(11)2/h3-5H,6-10H2,1-2H3. The molecule has 3 nitrogen and oxygen atoms in total. The Kier molecular flexibility index (Phi) is 2.77. The van der Waals surface area contributed by atoms with Gasteiger partial charge < -0.3 is 14.7 Å². The molecule has 1 saturated heterocycles. The Labute approximate surface area is 86.3 Å². The second kappa shape index (κ2) is 4.05. The molecular weight excluding hydrogens is 174 g/mol. The van der Waals surface area contributed by atoms with Gasteiger partial charge in [0.25, 0.3) is 0 Å². The second-order valence-electron chi connectivity index (χ2n) is 4.12. The molecule has 0 atom stereocenters. The van der Waals surface area contributed by atoms with Crippen LogP contribution in [0.5, 0.6) is 0 Å². The molecule has 0 N–H and O–H groups in total. The monoisotopic (exact) mass is 193 g/mol. The van der Waals surface area contributed by atoms with E-state index in [2.05, 4.69) is 47.0 Å². The molecule has 0 amide bonds. The van der Waals surface area contributed by atoms with Gasteiger partial charge in [0.2, 0.25) is 0 Å². The number of likely N-dealkylation sites (N-methyl/N-ethyl adjacent to an activating group) is 2. The summed E-state index contributed by atoms with van der Waals surface area (Å²) >= 11 is 0. The van der Waals surface area contributed by atoms with Crippen molar-refractivity contribution in [1.82, 2.24) is 14.7 Å². The minimum absolute atomic E-state index is 1.04. The summed E-state index contributed by atoms with van der Waals surface area (Å²) in [7, 11) is 4.35. The fourth-order valence-corrected chi connectivity index (χ4v) is 1.98. The number of nitrogens with zero attached hydrogens (tertiary/aromatic N) is 3. The van der Waals surface area contributed by atoms with Gasteiger partial charge in [-0.25, -0.2) is 0 Å². The molecule has 0 radical (unpaired) electrons. The summed E-state index contributed by atoms with van der Waals surface area (Å²) in [4.78, 5) is 7.17. The van der Waals surface area contributed by atoms with Crippen molar-refractivity contribution in [2.24, 2.45) is 0 Å². The highest BCUT2D eigenvalue weighted by molar-refractivity contribution is 5.16. The predicted octanol–water partition coefficient (Wildman–Crippen LogP) is 0.577. The highest BCUT2D eigenvalue weighted by Crippen LogP contribution is 2.14. The predicted molar refractivity (Wildman–Crippen MR) is 58.9 cm³/mol. The van der Waals surface area contributed by atoms with Crippen LogP contribution in [0.4, 0.5) is 0 Å². The smallest absolute Gasteiger partial charge is 0.104 e. The fraction of sp³-hybridized carbons (Fsp3) is 0.636. The summed E-state index contributed by atoms with van der Waals surface area (Å²) in [6.45, 7) is 5.70. The van der Waals surface area contributed by atoms with Crippen LogP contribution < -0.4 is 0 Å². The first kappa shape index (κ1) is 9.59. The van der Waals surface area contributed by atoms with E-state index in [4.69, 9.17) is 0 Å². The van der Waals surface area contributed by atoms with E-state index in [0.29, 0.717) is 0 Å². The largest absolute Gasteiger partial charge is 0.358 e. The Morgan fingerprint density at radius 3 is 2.43 bits per heavy atom. The van der Waals surface area contributed by atoms with E-state index in [9.17, 15) is 0 Å². The quantitative estimate of drug-likeness (QED) is 0.603. The molecule has 2 rings (SSSR count). The lowest BCUT2D eigenvalue weighted by Crippen LogP contribution is -2.47. The van der Waals surface area contributed by atoms with E-state index in [1.165, 1.54) is 18.9 Å². The molecule has 3 heteroatoms. The van der Waals surface area contributed by atoms with E-state index >= 15 is 0 Å². The lowest BCUT2D eigenvalue weighted by molar-refractivity contribution is 0.151. The summed E-state index contributed by atoms with van der Waals surface area (Å²) in [5, 5.41) is 0. The maximum absolute atomic E-state index is 2.48. The van der Waals surface area contributed by atoms with Crippen LogP contribution in [-0.2, 0) is 0 Å². The SMILES string of the molecule is CN1CCN(C2=CC=CCN2C)CC1. The zero-order chi connectivity index (χ0) is 9.97. The van der Waals surface area contributed by atoms with Gasteiger partial charge in [-0.15, -0.1) is 0 Å². The van der Waals surface area contributed by atoms with Crippen molar-refractivity contribution < 1.29 is 0 Å². The Bertz CT molecular complexity index is 249. The van der Waals surface area contributed by atoms with Crippen LogP contribution >= 0.6 is 0 Å². The van der Waals surface area contributed by atoms with Gasteiger partial charge in [-0.05, 0) is 13.1 Å². The van der Waals surface area contributed by atoms with E-state index in [-0.39, 0.29) is 0 Å². The molecule has 0 saturated carbocycles. The van der Waals surface area contributed by atoms with Crippen molar-refractivity contribution in [3.05, 3.63) is 24.0 Å². The van der Waals surface area contributed by atoms with Crippen LogP contribution in [0.2, 0.25) is 0 Å². The Hall–Kier alpha value is -0.960.